The Morgan fingerprint density at radius 2 is 1.32 bits per heavy atom. The average molecular weight is 434 g/mol. The van der Waals surface area contributed by atoms with Crippen molar-refractivity contribution < 1.29 is 38.7 Å². The Hall–Kier alpha value is -0.960. The largest absolute Gasteiger partial charge is 0.726 e. The van der Waals surface area contributed by atoms with Gasteiger partial charge < -0.3 is 4.55 Å². The first-order chi connectivity index (χ1) is 10.1. The molecule has 1 N–H and O–H groups in total. The Bertz CT molecular complexity index is 666. The molecule has 0 saturated heterocycles. The van der Waals surface area contributed by atoms with Gasteiger partial charge in [-0.3, -0.25) is 4.55 Å². The Labute approximate surface area is 142 Å². The van der Waals surface area contributed by atoms with Gasteiger partial charge in [0.1, 0.15) is 0 Å². The molecule has 0 amide bonds. The Morgan fingerprint density at radius 3 is 1.73 bits per heavy atom. The van der Waals surface area contributed by atoms with Gasteiger partial charge in [0.15, 0.2) is 7.14 Å². The predicted octanol–water partition coefficient (Wildman–Crippen LogP) is 0.117. The summed E-state index contributed by atoms with van der Waals surface area (Å²) in [5.74, 6) is 0. The van der Waals surface area contributed by atoms with Gasteiger partial charge in [-0.25, -0.2) is 8.42 Å². The Morgan fingerprint density at radius 1 is 0.909 bits per heavy atom. The maximum absolute atomic E-state index is 8.63. The molecule has 22 heavy (non-hydrogen) atoms. The molecule has 0 heterocycles. The Kier molecular flexibility index (Phi) is 6.98. The molecule has 0 aromatic heterocycles. The van der Waals surface area contributed by atoms with Crippen LogP contribution in [0, 0.1) is 7.14 Å². The fraction of sp³-hybridized carbons (Fsp3) is 0.250. The molecule has 4 nitrogen and oxygen atoms in total. The molecule has 0 aliphatic carbocycles. The first kappa shape index (κ1) is 19.1. The molecule has 120 valence electrons. The summed E-state index contributed by atoms with van der Waals surface area (Å²) in [7, 11) is -4.92. The van der Waals surface area contributed by atoms with E-state index in [0.717, 1.165) is 0 Å². The van der Waals surface area contributed by atoms with E-state index >= 15 is 0 Å². The minimum Gasteiger partial charge on any atom is -0.726 e. The summed E-state index contributed by atoms with van der Waals surface area (Å²) >= 11 is -0.0208. The lowest BCUT2D eigenvalue weighted by atomic mass is 9.87. The molecule has 0 saturated carbocycles. The van der Waals surface area contributed by atoms with E-state index in [2.05, 4.69) is 75.4 Å². The zero-order valence-corrected chi connectivity index (χ0v) is 15.6. The van der Waals surface area contributed by atoms with Crippen molar-refractivity contribution in [3.8, 4) is 0 Å². The van der Waals surface area contributed by atoms with Crippen molar-refractivity contribution in [2.45, 2.75) is 26.2 Å². The highest BCUT2D eigenvalue weighted by molar-refractivity contribution is 7.79. The number of benzene rings is 2. The quantitative estimate of drug-likeness (QED) is 0.414. The molecule has 2 aromatic rings. The van der Waals surface area contributed by atoms with Crippen LogP contribution in [0.1, 0.15) is 26.3 Å². The first-order valence-electron chi connectivity index (χ1n) is 6.54. The summed E-state index contributed by atoms with van der Waals surface area (Å²) in [6.45, 7) is 6.77. The molecule has 0 atom stereocenters. The molecule has 6 heteroatoms. The first-order valence-corrected chi connectivity index (χ1v) is 10.1. The van der Waals surface area contributed by atoms with Gasteiger partial charge in [0.2, 0.25) is 10.4 Å². The number of hydrogen-bond acceptors (Lipinski definition) is 3. The topological polar surface area (TPSA) is 77.4 Å². The maximum Gasteiger partial charge on any atom is 0.357 e. The van der Waals surface area contributed by atoms with Gasteiger partial charge in [-0.15, -0.1) is 0 Å². The number of hydrogen-bond donors (Lipinski definition) is 1. The number of rotatable bonds is 2. The summed E-state index contributed by atoms with van der Waals surface area (Å²) in [5, 5.41) is 0. The second-order valence-electron chi connectivity index (χ2n) is 5.57. The van der Waals surface area contributed by atoms with Crippen LogP contribution in [0.25, 0.3) is 0 Å². The second-order valence-corrected chi connectivity index (χ2v) is 9.46. The van der Waals surface area contributed by atoms with Gasteiger partial charge in [0.05, 0.1) is 0 Å². The van der Waals surface area contributed by atoms with Crippen molar-refractivity contribution in [1.82, 2.24) is 0 Å². The van der Waals surface area contributed by atoms with Crippen LogP contribution in [0.2, 0.25) is 0 Å². The van der Waals surface area contributed by atoms with E-state index < -0.39 is 10.4 Å². The second kappa shape index (κ2) is 8.05. The molecule has 0 unspecified atom stereocenters. The molecular formula is C16H19IO4S. The molecule has 0 fully saturated rings. The molecule has 0 radical (unpaired) electrons. The third-order valence-electron chi connectivity index (χ3n) is 2.66. The van der Waals surface area contributed by atoms with Crippen molar-refractivity contribution >= 4 is 10.4 Å². The van der Waals surface area contributed by atoms with Crippen LogP contribution in [0.5, 0.6) is 0 Å². The van der Waals surface area contributed by atoms with Crippen LogP contribution >= 0.6 is 0 Å². The minimum atomic E-state index is -4.92. The number of halogens is 1. The van der Waals surface area contributed by atoms with Crippen molar-refractivity contribution in [2.24, 2.45) is 0 Å². The zero-order valence-electron chi connectivity index (χ0n) is 12.7. The molecule has 0 aliphatic rings. The minimum absolute atomic E-state index is 0.0208. The third kappa shape index (κ3) is 8.47. The lowest BCUT2D eigenvalue weighted by Crippen LogP contribution is -3.61. The van der Waals surface area contributed by atoms with Crippen LogP contribution in [-0.2, 0) is 15.8 Å². The average Bonchev–Trinajstić information content (AvgIpc) is 2.37. The normalized spacial score (nSPS) is 11.5. The summed E-state index contributed by atoms with van der Waals surface area (Å²) in [6.07, 6.45) is 0. The van der Waals surface area contributed by atoms with Gasteiger partial charge in [-0.2, -0.15) is 0 Å². The van der Waals surface area contributed by atoms with E-state index in [1.54, 1.807) is 0 Å². The highest BCUT2D eigenvalue weighted by Crippen LogP contribution is 2.20. The van der Waals surface area contributed by atoms with E-state index in [1.807, 2.05) is 0 Å². The smallest absolute Gasteiger partial charge is 0.357 e. The summed E-state index contributed by atoms with van der Waals surface area (Å²) < 4.78 is 35.8. The van der Waals surface area contributed by atoms with Crippen LogP contribution < -0.4 is 21.2 Å². The van der Waals surface area contributed by atoms with Gasteiger partial charge in [-0.1, -0.05) is 51.1 Å². The van der Waals surface area contributed by atoms with Crippen LogP contribution in [0.3, 0.4) is 0 Å². The van der Waals surface area contributed by atoms with Crippen molar-refractivity contribution in [3.63, 3.8) is 0 Å². The highest BCUT2D eigenvalue weighted by atomic mass is 127. The van der Waals surface area contributed by atoms with Crippen molar-refractivity contribution in [1.29, 1.82) is 0 Å². The maximum atomic E-state index is 8.63. The Balaban J connectivity index is 0.000000422. The highest BCUT2D eigenvalue weighted by Gasteiger charge is 2.17. The van der Waals surface area contributed by atoms with Crippen LogP contribution in [-0.4, -0.2) is 17.5 Å². The lowest BCUT2D eigenvalue weighted by Gasteiger charge is -2.18. The fourth-order valence-corrected chi connectivity index (χ4v) is 3.83. The lowest BCUT2D eigenvalue weighted by molar-refractivity contribution is -0.597. The van der Waals surface area contributed by atoms with Crippen molar-refractivity contribution in [2.75, 3.05) is 0 Å². The van der Waals surface area contributed by atoms with E-state index in [9.17, 15) is 0 Å². The van der Waals surface area contributed by atoms with Gasteiger partial charge in [0.25, 0.3) is 0 Å². The molecule has 0 bridgehead atoms. The standard InChI is InChI=1S/C16H18I.H2O4S/c1-16(2,3)13-9-11-15(12-10-13)17-14-7-5-4-6-8-14;1-5(2,3)4/h4-12H,1-3H3;(H2,1,2,3,4)/q+1;/p-1. The van der Waals surface area contributed by atoms with E-state index in [1.165, 1.54) is 12.7 Å². The van der Waals surface area contributed by atoms with E-state index in [0.29, 0.717) is 0 Å². The zero-order chi connectivity index (χ0) is 16.8. The van der Waals surface area contributed by atoms with Gasteiger partial charge in [-0.05, 0) is 35.2 Å². The van der Waals surface area contributed by atoms with Crippen molar-refractivity contribution in [3.05, 3.63) is 67.3 Å². The SMILES string of the molecule is CC(C)(C)c1ccc([I+]c2ccccc2)cc1.O=S(=O)([O-])O. The monoisotopic (exact) mass is 434 g/mol. The summed E-state index contributed by atoms with van der Waals surface area (Å²) in [4.78, 5) is 0. The molecule has 2 rings (SSSR count). The van der Waals surface area contributed by atoms with Gasteiger partial charge >= 0.3 is 21.2 Å². The third-order valence-corrected chi connectivity index (χ3v) is 5.35. The van der Waals surface area contributed by atoms with Crippen LogP contribution in [0.15, 0.2) is 54.6 Å². The summed E-state index contributed by atoms with van der Waals surface area (Å²) in [6, 6.07) is 19.9. The van der Waals surface area contributed by atoms with Crippen LogP contribution in [0.4, 0.5) is 0 Å². The molecular weight excluding hydrogens is 415 g/mol. The fourth-order valence-electron chi connectivity index (χ4n) is 1.62. The molecule has 2 aromatic carbocycles. The van der Waals surface area contributed by atoms with E-state index in [4.69, 9.17) is 17.5 Å². The van der Waals surface area contributed by atoms with E-state index in [-0.39, 0.29) is 26.6 Å². The summed E-state index contributed by atoms with van der Waals surface area (Å²) in [5.41, 5.74) is 1.67. The van der Waals surface area contributed by atoms with Gasteiger partial charge in [0, 0.05) is 0 Å². The predicted molar refractivity (Wildman–Crippen MR) is 81.3 cm³/mol. The molecule has 0 aliphatic heterocycles. The molecule has 0 spiro atoms.